The molecule has 1 aromatic heterocycles. The molecule has 0 bridgehead atoms. The van der Waals surface area contributed by atoms with E-state index >= 15 is 0 Å². The first-order valence-electron chi connectivity index (χ1n) is 10.9. The van der Waals surface area contributed by atoms with Crippen molar-refractivity contribution in [3.63, 3.8) is 0 Å². The zero-order chi connectivity index (χ0) is 22.3. The van der Waals surface area contributed by atoms with Crippen LogP contribution in [0.15, 0.2) is 48.5 Å². The van der Waals surface area contributed by atoms with E-state index in [1.807, 2.05) is 36.4 Å². The zero-order valence-corrected chi connectivity index (χ0v) is 18.6. The second-order valence-electron chi connectivity index (χ2n) is 7.69. The van der Waals surface area contributed by atoms with Crippen molar-refractivity contribution < 1.29 is 14.3 Å². The number of methoxy groups -OCH3 is 2. The van der Waals surface area contributed by atoms with E-state index in [1.54, 1.807) is 14.2 Å². The summed E-state index contributed by atoms with van der Waals surface area (Å²) >= 11 is 0. The number of hydrogen-bond donors (Lipinski definition) is 1. The topological polar surface area (TPSA) is 79.8 Å². The molecule has 0 unspecified atom stereocenters. The molecule has 1 fully saturated rings. The van der Waals surface area contributed by atoms with Crippen molar-refractivity contribution in [1.29, 1.82) is 0 Å². The molecular formula is C24H29N5O3. The summed E-state index contributed by atoms with van der Waals surface area (Å²) in [5, 5.41) is 13.5. The standard InChI is InChI=1S/C24H29N5O3/c1-31-17-5-12-25-24(30)22-20-6-3-4-7-21(20)23(27-26-22)29-15-13-28(14-16-29)18-8-10-19(32-2)11-9-18/h3-4,6-11H,5,12-17H2,1-2H3,(H,25,30). The number of carbonyl (C=O) groups excluding carboxylic acids is 1. The Labute approximate surface area is 188 Å². The number of piperazine rings is 1. The van der Waals surface area contributed by atoms with Gasteiger partial charge in [0.15, 0.2) is 11.5 Å². The monoisotopic (exact) mass is 435 g/mol. The molecule has 2 aromatic carbocycles. The molecule has 0 atom stereocenters. The van der Waals surface area contributed by atoms with Gasteiger partial charge >= 0.3 is 0 Å². The number of benzene rings is 2. The van der Waals surface area contributed by atoms with Gasteiger partial charge in [-0.05, 0) is 30.7 Å². The molecule has 8 nitrogen and oxygen atoms in total. The van der Waals surface area contributed by atoms with E-state index in [2.05, 4.69) is 37.4 Å². The molecule has 1 N–H and O–H groups in total. The van der Waals surface area contributed by atoms with E-state index in [0.717, 1.165) is 54.9 Å². The van der Waals surface area contributed by atoms with E-state index in [-0.39, 0.29) is 5.91 Å². The first-order valence-corrected chi connectivity index (χ1v) is 10.9. The highest BCUT2D eigenvalue weighted by atomic mass is 16.5. The van der Waals surface area contributed by atoms with Gasteiger partial charge in [-0.25, -0.2) is 0 Å². The highest BCUT2D eigenvalue weighted by Gasteiger charge is 2.22. The van der Waals surface area contributed by atoms with Gasteiger partial charge in [0, 0.05) is 62.9 Å². The minimum absolute atomic E-state index is 0.208. The van der Waals surface area contributed by atoms with Crippen LogP contribution in [-0.4, -0.2) is 69.7 Å². The Hall–Kier alpha value is -3.39. The number of aromatic nitrogens is 2. The molecule has 3 aromatic rings. The number of nitrogens with zero attached hydrogens (tertiary/aromatic N) is 4. The lowest BCUT2D eigenvalue weighted by Crippen LogP contribution is -2.47. The molecule has 0 radical (unpaired) electrons. The van der Waals surface area contributed by atoms with Crippen molar-refractivity contribution in [2.45, 2.75) is 6.42 Å². The molecule has 2 heterocycles. The average Bonchev–Trinajstić information content (AvgIpc) is 2.86. The van der Waals surface area contributed by atoms with E-state index in [9.17, 15) is 4.79 Å². The maximum Gasteiger partial charge on any atom is 0.272 e. The molecule has 0 saturated carbocycles. The molecule has 32 heavy (non-hydrogen) atoms. The molecule has 1 saturated heterocycles. The van der Waals surface area contributed by atoms with Crippen LogP contribution < -0.4 is 19.9 Å². The van der Waals surface area contributed by atoms with Crippen molar-refractivity contribution in [1.82, 2.24) is 15.5 Å². The summed E-state index contributed by atoms with van der Waals surface area (Å²) < 4.78 is 10.3. The van der Waals surface area contributed by atoms with Gasteiger partial charge in [-0.2, -0.15) is 0 Å². The molecule has 8 heteroatoms. The lowest BCUT2D eigenvalue weighted by atomic mass is 10.1. The van der Waals surface area contributed by atoms with Gasteiger partial charge in [-0.3, -0.25) is 4.79 Å². The second kappa shape index (κ2) is 10.3. The third kappa shape index (κ3) is 4.75. The number of anilines is 2. The summed E-state index contributed by atoms with van der Waals surface area (Å²) in [6, 6.07) is 16.0. The molecule has 4 rings (SSSR count). The van der Waals surface area contributed by atoms with E-state index in [4.69, 9.17) is 9.47 Å². The number of amides is 1. The highest BCUT2D eigenvalue weighted by Crippen LogP contribution is 2.28. The van der Waals surface area contributed by atoms with Crippen LogP contribution in [0.4, 0.5) is 11.5 Å². The fourth-order valence-electron chi connectivity index (χ4n) is 3.96. The number of hydrogen-bond acceptors (Lipinski definition) is 7. The Morgan fingerprint density at radius 3 is 2.31 bits per heavy atom. The van der Waals surface area contributed by atoms with Crippen molar-refractivity contribution in [2.75, 3.05) is 63.4 Å². The quantitative estimate of drug-likeness (QED) is 0.545. The van der Waals surface area contributed by atoms with Gasteiger partial charge in [-0.15, -0.1) is 10.2 Å². The van der Waals surface area contributed by atoms with Crippen LogP contribution >= 0.6 is 0 Å². The Morgan fingerprint density at radius 1 is 0.938 bits per heavy atom. The van der Waals surface area contributed by atoms with Crippen LogP contribution in [0.2, 0.25) is 0 Å². The lowest BCUT2D eigenvalue weighted by Gasteiger charge is -2.37. The Balaban J connectivity index is 1.48. The van der Waals surface area contributed by atoms with Gasteiger partial charge in [0.05, 0.1) is 7.11 Å². The Bertz CT molecular complexity index is 1050. The Kier molecular flexibility index (Phi) is 7.01. The molecule has 0 aliphatic carbocycles. The minimum Gasteiger partial charge on any atom is -0.497 e. The Morgan fingerprint density at radius 2 is 1.62 bits per heavy atom. The highest BCUT2D eigenvalue weighted by molar-refractivity contribution is 6.07. The van der Waals surface area contributed by atoms with Crippen LogP contribution in [0, 0.1) is 0 Å². The van der Waals surface area contributed by atoms with Crippen molar-refractivity contribution in [3.05, 3.63) is 54.2 Å². The van der Waals surface area contributed by atoms with E-state index in [0.29, 0.717) is 18.8 Å². The fourth-order valence-corrected chi connectivity index (χ4v) is 3.96. The third-order valence-corrected chi connectivity index (χ3v) is 5.71. The molecule has 1 aliphatic rings. The normalized spacial score (nSPS) is 13.9. The second-order valence-corrected chi connectivity index (χ2v) is 7.69. The van der Waals surface area contributed by atoms with Gasteiger partial charge in [0.1, 0.15) is 5.75 Å². The predicted molar refractivity (Wildman–Crippen MR) is 126 cm³/mol. The van der Waals surface area contributed by atoms with Crippen molar-refractivity contribution in [2.24, 2.45) is 0 Å². The van der Waals surface area contributed by atoms with Crippen LogP contribution in [-0.2, 0) is 4.74 Å². The van der Waals surface area contributed by atoms with Crippen LogP contribution in [0.25, 0.3) is 10.8 Å². The molecule has 168 valence electrons. The molecule has 1 aliphatic heterocycles. The molecule has 1 amide bonds. The fraction of sp³-hybridized carbons (Fsp3) is 0.375. The summed E-state index contributed by atoms with van der Waals surface area (Å²) in [4.78, 5) is 17.3. The number of ether oxygens (including phenoxy) is 2. The van der Waals surface area contributed by atoms with Crippen LogP contribution in [0.1, 0.15) is 16.9 Å². The largest absolute Gasteiger partial charge is 0.497 e. The first kappa shape index (κ1) is 21.8. The van der Waals surface area contributed by atoms with Gasteiger partial charge in [-0.1, -0.05) is 24.3 Å². The van der Waals surface area contributed by atoms with Gasteiger partial charge in [0.2, 0.25) is 0 Å². The van der Waals surface area contributed by atoms with Crippen molar-refractivity contribution >= 4 is 28.2 Å². The minimum atomic E-state index is -0.208. The van der Waals surface area contributed by atoms with Crippen LogP contribution in [0.3, 0.4) is 0 Å². The summed E-state index contributed by atoms with van der Waals surface area (Å²) in [6.45, 7) is 4.56. The number of carbonyl (C=O) groups is 1. The maximum absolute atomic E-state index is 12.7. The van der Waals surface area contributed by atoms with Crippen LogP contribution in [0.5, 0.6) is 5.75 Å². The average molecular weight is 436 g/mol. The van der Waals surface area contributed by atoms with E-state index in [1.165, 1.54) is 5.69 Å². The van der Waals surface area contributed by atoms with Gasteiger partial charge in [0.25, 0.3) is 5.91 Å². The summed E-state index contributed by atoms with van der Waals surface area (Å²) in [6.07, 6.45) is 0.754. The predicted octanol–water partition coefficient (Wildman–Crippen LogP) is 2.73. The first-order chi connectivity index (χ1) is 15.7. The molecular weight excluding hydrogens is 406 g/mol. The van der Waals surface area contributed by atoms with Crippen molar-refractivity contribution in [3.8, 4) is 5.75 Å². The SMILES string of the molecule is COCCCNC(=O)c1nnc(N2CCN(c3ccc(OC)cc3)CC2)c2ccccc12. The summed E-state index contributed by atoms with van der Waals surface area (Å²) in [7, 11) is 3.33. The summed E-state index contributed by atoms with van der Waals surface area (Å²) in [5.41, 5.74) is 1.54. The number of rotatable bonds is 8. The third-order valence-electron chi connectivity index (χ3n) is 5.71. The summed E-state index contributed by atoms with van der Waals surface area (Å²) in [5.74, 6) is 1.48. The lowest BCUT2D eigenvalue weighted by molar-refractivity contribution is 0.0944. The zero-order valence-electron chi connectivity index (χ0n) is 18.6. The van der Waals surface area contributed by atoms with E-state index < -0.39 is 0 Å². The number of fused-ring (bicyclic) bond motifs is 1. The smallest absolute Gasteiger partial charge is 0.272 e. The van der Waals surface area contributed by atoms with Gasteiger partial charge < -0.3 is 24.6 Å². The molecule has 0 spiro atoms. The maximum atomic E-state index is 12.7. The number of nitrogens with one attached hydrogen (secondary N) is 1.